The number of rotatable bonds is 12. The van der Waals surface area contributed by atoms with Gasteiger partial charge in [0.05, 0.1) is 24.3 Å². The third-order valence-electron chi connectivity index (χ3n) is 5.90. The average Bonchev–Trinajstić information content (AvgIpc) is 3.21. The van der Waals surface area contributed by atoms with Crippen LogP contribution in [0.5, 0.6) is 17.2 Å². The first kappa shape index (κ1) is 28.5. The molecule has 3 aromatic rings. The molecule has 3 aromatic carbocycles. The van der Waals surface area contributed by atoms with Crippen LogP contribution in [0.3, 0.4) is 0 Å². The fourth-order valence-electron chi connectivity index (χ4n) is 4.10. The molecule has 1 aliphatic rings. The van der Waals surface area contributed by atoms with Gasteiger partial charge in [0.15, 0.2) is 11.5 Å². The Balaban J connectivity index is 1.54. The number of hydrogen-bond acceptors (Lipinski definition) is 7. The maximum atomic E-state index is 13.1. The van der Waals surface area contributed by atoms with E-state index >= 15 is 0 Å². The number of amides is 3. The van der Waals surface area contributed by atoms with Crippen molar-refractivity contribution in [2.24, 2.45) is 0 Å². The van der Waals surface area contributed by atoms with Gasteiger partial charge in [-0.1, -0.05) is 48.5 Å². The van der Waals surface area contributed by atoms with E-state index in [1.54, 1.807) is 42.5 Å². The predicted octanol–water partition coefficient (Wildman–Crippen LogP) is 6.08. The number of imide groups is 1. The maximum absolute atomic E-state index is 13.1. The van der Waals surface area contributed by atoms with Crippen LogP contribution in [-0.2, 0) is 22.6 Å². The lowest BCUT2D eigenvalue weighted by Crippen LogP contribution is -2.36. The maximum Gasteiger partial charge on any atom is 0.294 e. The predicted molar refractivity (Wildman–Crippen MR) is 157 cm³/mol. The molecule has 206 valence electrons. The molecule has 0 saturated carbocycles. The highest BCUT2D eigenvalue weighted by molar-refractivity contribution is 8.18. The number of methoxy groups -OCH3 is 1. The first-order valence-electron chi connectivity index (χ1n) is 12.7. The number of para-hydroxylation sites is 2. The van der Waals surface area contributed by atoms with E-state index in [4.69, 9.17) is 14.2 Å². The Labute approximate surface area is 237 Å². The second-order valence-electron chi connectivity index (χ2n) is 8.72. The van der Waals surface area contributed by atoms with Gasteiger partial charge in [0.2, 0.25) is 5.91 Å². The summed E-state index contributed by atoms with van der Waals surface area (Å²) in [5, 5.41) is 2.17. The quantitative estimate of drug-likeness (QED) is 0.213. The van der Waals surface area contributed by atoms with Crippen LogP contribution in [0.4, 0.5) is 10.5 Å². The fraction of sp³-hybridized carbons (Fsp3) is 0.194. The van der Waals surface area contributed by atoms with Crippen molar-refractivity contribution in [3.8, 4) is 17.2 Å². The molecule has 0 aromatic heterocycles. The molecule has 0 aliphatic carbocycles. The number of anilines is 1. The topological polar surface area (TPSA) is 94.2 Å². The van der Waals surface area contributed by atoms with Crippen LogP contribution < -0.4 is 19.5 Å². The van der Waals surface area contributed by atoms with Crippen molar-refractivity contribution in [1.29, 1.82) is 0 Å². The van der Waals surface area contributed by atoms with Crippen LogP contribution in [0.2, 0.25) is 0 Å². The Kier molecular flexibility index (Phi) is 9.64. The number of ether oxygens (including phenoxy) is 3. The van der Waals surface area contributed by atoms with E-state index < -0.39 is 23.6 Å². The van der Waals surface area contributed by atoms with E-state index in [0.29, 0.717) is 48.1 Å². The summed E-state index contributed by atoms with van der Waals surface area (Å²) in [6, 6.07) is 20.4. The monoisotopic (exact) mass is 558 g/mol. The van der Waals surface area contributed by atoms with Crippen molar-refractivity contribution >= 4 is 40.6 Å². The molecule has 8 nitrogen and oxygen atoms in total. The minimum atomic E-state index is -0.544. The van der Waals surface area contributed by atoms with Gasteiger partial charge < -0.3 is 19.5 Å². The van der Waals surface area contributed by atoms with Crippen molar-refractivity contribution < 1.29 is 28.6 Å². The molecule has 0 bridgehead atoms. The lowest BCUT2D eigenvalue weighted by atomic mass is 10.0. The highest BCUT2D eigenvalue weighted by Gasteiger charge is 2.36. The summed E-state index contributed by atoms with van der Waals surface area (Å²) >= 11 is 0.784. The van der Waals surface area contributed by atoms with Gasteiger partial charge in [0.25, 0.3) is 11.1 Å². The molecule has 40 heavy (non-hydrogen) atoms. The Bertz CT molecular complexity index is 1440. The van der Waals surface area contributed by atoms with Crippen molar-refractivity contribution in [1.82, 2.24) is 4.90 Å². The SMILES string of the molecule is C=CCc1cc(/C=C2\SC(=O)N(CC(=O)Nc3ccccc3OC)C2=O)cc(OCC)c1OCc1ccccc1. The zero-order valence-electron chi connectivity index (χ0n) is 22.3. The van der Waals surface area contributed by atoms with Gasteiger partial charge in [-0.15, -0.1) is 6.58 Å². The smallest absolute Gasteiger partial charge is 0.294 e. The van der Waals surface area contributed by atoms with Crippen molar-refractivity contribution in [2.75, 3.05) is 25.6 Å². The van der Waals surface area contributed by atoms with E-state index in [2.05, 4.69) is 11.9 Å². The number of nitrogens with zero attached hydrogens (tertiary/aromatic N) is 1. The minimum Gasteiger partial charge on any atom is -0.495 e. The first-order valence-corrected chi connectivity index (χ1v) is 13.5. The molecule has 1 heterocycles. The van der Waals surface area contributed by atoms with Gasteiger partial charge in [-0.05, 0) is 66.6 Å². The third-order valence-corrected chi connectivity index (χ3v) is 6.81. The Morgan fingerprint density at radius 1 is 1.02 bits per heavy atom. The summed E-state index contributed by atoms with van der Waals surface area (Å²) in [5.74, 6) is 0.544. The number of allylic oxidation sites excluding steroid dienone is 1. The lowest BCUT2D eigenvalue weighted by Gasteiger charge is -2.17. The highest BCUT2D eigenvalue weighted by Crippen LogP contribution is 2.38. The largest absolute Gasteiger partial charge is 0.495 e. The standard InChI is InChI=1S/C31H30N2O6S/c1-4-11-23-16-22(17-26(38-5-2)29(23)39-20-21-12-7-6-8-13-21)18-27-30(35)33(31(36)40-27)19-28(34)32-24-14-9-10-15-25(24)37-3/h4,6-10,12-18H,1,5,11,19-20H2,2-3H3,(H,32,34)/b27-18-. The van der Waals surface area contributed by atoms with Crippen LogP contribution in [0.1, 0.15) is 23.6 Å². The van der Waals surface area contributed by atoms with Gasteiger partial charge in [0, 0.05) is 5.56 Å². The van der Waals surface area contributed by atoms with Gasteiger partial charge in [0.1, 0.15) is 18.9 Å². The number of thioether (sulfide) groups is 1. The van der Waals surface area contributed by atoms with Crippen LogP contribution in [0.15, 0.2) is 84.3 Å². The molecule has 1 fully saturated rings. The summed E-state index contributed by atoms with van der Waals surface area (Å²) in [6.45, 7) is 6.09. The van der Waals surface area contributed by atoms with Crippen LogP contribution in [0.25, 0.3) is 6.08 Å². The van der Waals surface area contributed by atoms with E-state index in [9.17, 15) is 14.4 Å². The molecule has 3 amide bonds. The molecule has 1 saturated heterocycles. The lowest BCUT2D eigenvalue weighted by molar-refractivity contribution is -0.127. The Hall–Kier alpha value is -4.50. The van der Waals surface area contributed by atoms with E-state index in [0.717, 1.165) is 27.8 Å². The molecular formula is C31H30N2O6S. The molecule has 0 unspecified atom stereocenters. The normalized spacial score (nSPS) is 13.8. The molecule has 9 heteroatoms. The van der Waals surface area contributed by atoms with Crippen LogP contribution >= 0.6 is 11.8 Å². The summed E-state index contributed by atoms with van der Waals surface area (Å²) in [7, 11) is 1.49. The first-order chi connectivity index (χ1) is 19.4. The van der Waals surface area contributed by atoms with E-state index in [-0.39, 0.29) is 4.91 Å². The molecule has 0 spiro atoms. The van der Waals surface area contributed by atoms with Crippen molar-refractivity contribution in [3.05, 3.63) is 101 Å². The summed E-state index contributed by atoms with van der Waals surface area (Å²) in [5.41, 5.74) is 2.96. The third kappa shape index (κ3) is 6.92. The number of nitrogens with one attached hydrogen (secondary N) is 1. The number of hydrogen-bond donors (Lipinski definition) is 1. The van der Waals surface area contributed by atoms with Crippen LogP contribution in [-0.4, -0.2) is 42.2 Å². The summed E-state index contributed by atoms with van der Waals surface area (Å²) in [6.07, 6.45) is 3.90. The molecule has 1 N–H and O–H groups in total. The molecule has 0 atom stereocenters. The number of carbonyl (C=O) groups is 3. The zero-order valence-corrected chi connectivity index (χ0v) is 23.2. The molecular weight excluding hydrogens is 528 g/mol. The minimum absolute atomic E-state index is 0.208. The Morgan fingerprint density at radius 2 is 1.77 bits per heavy atom. The molecule has 1 aliphatic heterocycles. The number of carbonyl (C=O) groups excluding carboxylic acids is 3. The summed E-state index contributed by atoms with van der Waals surface area (Å²) < 4.78 is 17.3. The number of benzene rings is 3. The van der Waals surface area contributed by atoms with Gasteiger partial charge in [-0.2, -0.15) is 0 Å². The zero-order chi connectivity index (χ0) is 28.5. The van der Waals surface area contributed by atoms with Crippen molar-refractivity contribution in [3.63, 3.8) is 0 Å². The highest BCUT2D eigenvalue weighted by atomic mass is 32.2. The van der Waals surface area contributed by atoms with E-state index in [1.807, 2.05) is 43.3 Å². The van der Waals surface area contributed by atoms with Gasteiger partial charge in [-0.3, -0.25) is 19.3 Å². The van der Waals surface area contributed by atoms with Gasteiger partial charge >= 0.3 is 0 Å². The second-order valence-corrected chi connectivity index (χ2v) is 9.72. The molecule has 0 radical (unpaired) electrons. The second kappa shape index (κ2) is 13.5. The molecule has 4 rings (SSSR count). The Morgan fingerprint density at radius 3 is 2.50 bits per heavy atom. The van der Waals surface area contributed by atoms with Gasteiger partial charge in [-0.25, -0.2) is 0 Å². The van der Waals surface area contributed by atoms with E-state index in [1.165, 1.54) is 7.11 Å². The van der Waals surface area contributed by atoms with Crippen LogP contribution in [0, 0.1) is 0 Å². The average molecular weight is 559 g/mol. The fourth-order valence-corrected chi connectivity index (χ4v) is 4.94. The van der Waals surface area contributed by atoms with Crippen molar-refractivity contribution in [2.45, 2.75) is 20.0 Å². The summed E-state index contributed by atoms with van der Waals surface area (Å²) in [4.78, 5) is 39.6.